The molecule has 1 aliphatic carbocycles. The summed E-state index contributed by atoms with van der Waals surface area (Å²) in [4.78, 5) is 12.0. The van der Waals surface area contributed by atoms with Gasteiger partial charge in [-0.3, -0.25) is 4.79 Å². The summed E-state index contributed by atoms with van der Waals surface area (Å²) in [5, 5.41) is 0. The van der Waals surface area contributed by atoms with E-state index < -0.39 is 0 Å². The molecule has 0 saturated carbocycles. The Hall–Kier alpha value is -2.87. The van der Waals surface area contributed by atoms with Crippen LogP contribution in [0.15, 0.2) is 107 Å². The van der Waals surface area contributed by atoms with Crippen molar-refractivity contribution in [2.45, 2.75) is 125 Å². The quantitative estimate of drug-likeness (QED) is 0.0627. The Morgan fingerprint density at radius 1 is 0.833 bits per heavy atom. The molecule has 0 aromatic heterocycles. The van der Waals surface area contributed by atoms with Crippen LogP contribution in [0.5, 0.6) is 0 Å². The molecule has 0 aromatic rings. The Kier molecular flexibility index (Phi) is 20.9. The number of allylic oxidation sites excluding steroid dienone is 17. The normalized spacial score (nSPS) is 17.0. The Morgan fingerprint density at radius 2 is 1.45 bits per heavy atom. The summed E-state index contributed by atoms with van der Waals surface area (Å²) < 4.78 is 5.38. The predicted octanol–water partition coefficient (Wildman–Crippen LogP) is 12.2. The molecule has 0 spiro atoms. The number of carbonyl (C=O) groups excluding carboxylic acids is 1. The van der Waals surface area contributed by atoms with Gasteiger partial charge in [0.1, 0.15) is 6.61 Å². The van der Waals surface area contributed by atoms with Crippen LogP contribution in [0, 0.1) is 5.41 Å². The maximum absolute atomic E-state index is 12.0. The first-order valence-electron chi connectivity index (χ1n) is 16.4. The van der Waals surface area contributed by atoms with Gasteiger partial charge in [0.05, 0.1) is 0 Å². The van der Waals surface area contributed by atoms with Crippen molar-refractivity contribution >= 4 is 5.97 Å². The summed E-state index contributed by atoms with van der Waals surface area (Å²) in [6.07, 6.45) is 44.5. The lowest BCUT2D eigenvalue weighted by Crippen LogP contribution is -2.19. The second-order valence-corrected chi connectivity index (χ2v) is 12.1. The maximum atomic E-state index is 12.0. The molecule has 1 rings (SSSR count). The highest BCUT2D eigenvalue weighted by Gasteiger charge is 2.26. The minimum absolute atomic E-state index is 0.130. The second kappa shape index (κ2) is 23.7. The van der Waals surface area contributed by atoms with E-state index in [4.69, 9.17) is 4.74 Å². The Morgan fingerprint density at radius 3 is 2.07 bits per heavy atom. The molecule has 0 unspecified atom stereocenters. The molecule has 0 saturated heterocycles. The minimum Gasteiger partial charge on any atom is -0.461 e. The number of carbonyl (C=O) groups is 1. The van der Waals surface area contributed by atoms with Crippen molar-refractivity contribution in [1.29, 1.82) is 0 Å². The number of rotatable bonds is 20. The molecule has 0 atom stereocenters. The van der Waals surface area contributed by atoms with Gasteiger partial charge in [-0.15, -0.1) is 0 Å². The summed E-state index contributed by atoms with van der Waals surface area (Å²) in [6, 6.07) is 0. The fourth-order valence-electron chi connectivity index (χ4n) is 4.96. The summed E-state index contributed by atoms with van der Waals surface area (Å²) in [5.74, 6) is -0.130. The molecule has 42 heavy (non-hydrogen) atoms. The van der Waals surface area contributed by atoms with E-state index in [2.05, 4.69) is 114 Å². The van der Waals surface area contributed by atoms with Gasteiger partial charge in [-0.2, -0.15) is 0 Å². The van der Waals surface area contributed by atoms with Crippen molar-refractivity contribution in [1.82, 2.24) is 0 Å². The SMILES string of the molecule is CCCCCC=CCC=CCC=CCC=CCCCC(=O)OC/C=C(C)/C=C/C=C(C)/C=C/C1=C(C)CCCC1(C)C. The summed E-state index contributed by atoms with van der Waals surface area (Å²) in [7, 11) is 0. The van der Waals surface area contributed by atoms with Crippen molar-refractivity contribution < 1.29 is 9.53 Å². The third-order valence-corrected chi connectivity index (χ3v) is 7.63. The minimum atomic E-state index is -0.130. The van der Waals surface area contributed by atoms with Crippen LogP contribution < -0.4 is 0 Å². The van der Waals surface area contributed by atoms with Gasteiger partial charge in [-0.1, -0.05) is 129 Å². The van der Waals surface area contributed by atoms with Gasteiger partial charge in [0.15, 0.2) is 0 Å². The third-order valence-electron chi connectivity index (χ3n) is 7.63. The number of unbranched alkanes of at least 4 members (excludes halogenated alkanes) is 4. The highest BCUT2D eigenvalue weighted by molar-refractivity contribution is 5.69. The van der Waals surface area contributed by atoms with E-state index in [9.17, 15) is 4.79 Å². The number of hydrogen-bond donors (Lipinski definition) is 0. The average Bonchev–Trinajstić information content (AvgIpc) is 2.94. The fourth-order valence-corrected chi connectivity index (χ4v) is 4.96. The van der Waals surface area contributed by atoms with E-state index in [-0.39, 0.29) is 11.4 Å². The van der Waals surface area contributed by atoms with Gasteiger partial charge in [-0.05, 0) is 102 Å². The molecule has 0 aliphatic heterocycles. The van der Waals surface area contributed by atoms with E-state index in [1.165, 1.54) is 61.7 Å². The van der Waals surface area contributed by atoms with E-state index in [1.54, 1.807) is 0 Å². The van der Waals surface area contributed by atoms with E-state index >= 15 is 0 Å². The summed E-state index contributed by atoms with van der Waals surface area (Å²) >= 11 is 0. The van der Waals surface area contributed by atoms with Crippen LogP contribution in [0.25, 0.3) is 0 Å². The zero-order valence-corrected chi connectivity index (χ0v) is 27.8. The largest absolute Gasteiger partial charge is 0.461 e. The van der Waals surface area contributed by atoms with Gasteiger partial charge in [0, 0.05) is 6.42 Å². The number of ether oxygens (including phenoxy) is 1. The van der Waals surface area contributed by atoms with Crippen molar-refractivity contribution in [3.05, 3.63) is 107 Å². The smallest absolute Gasteiger partial charge is 0.306 e. The number of hydrogen-bond acceptors (Lipinski definition) is 2. The molecule has 0 amide bonds. The standard InChI is InChI=1S/C40H60O2/c1-7-8-9-10-11-12-13-14-15-16-17-18-19-20-21-22-23-29-39(41)42-34-32-36(3)27-24-26-35(2)30-31-38-37(4)28-25-33-40(38,5)6/h11-12,14-15,17-18,20-21,24,26-27,30-32H,7-10,13,16,19,22-23,25,28-29,33-34H2,1-6H3/b12-11?,15-14?,18-17?,21-20?,27-24+,31-30+,35-26+,36-32+. The second-order valence-electron chi connectivity index (χ2n) is 12.1. The van der Waals surface area contributed by atoms with Crippen LogP contribution in [-0.4, -0.2) is 12.6 Å². The van der Waals surface area contributed by atoms with Crippen molar-refractivity contribution in [3.63, 3.8) is 0 Å². The number of esters is 1. The van der Waals surface area contributed by atoms with Crippen LogP contribution >= 0.6 is 0 Å². The fraction of sp³-hybridized carbons (Fsp3) is 0.525. The molecule has 0 fully saturated rings. The van der Waals surface area contributed by atoms with Gasteiger partial charge in [0.25, 0.3) is 0 Å². The highest BCUT2D eigenvalue weighted by atomic mass is 16.5. The zero-order chi connectivity index (χ0) is 30.9. The van der Waals surface area contributed by atoms with Crippen molar-refractivity contribution in [2.24, 2.45) is 5.41 Å². The molecule has 2 nitrogen and oxygen atoms in total. The van der Waals surface area contributed by atoms with Gasteiger partial charge in [0.2, 0.25) is 0 Å². The van der Waals surface area contributed by atoms with Crippen LogP contribution in [0.4, 0.5) is 0 Å². The molecular formula is C40H60O2. The lowest BCUT2D eigenvalue weighted by Gasteiger charge is -2.32. The zero-order valence-electron chi connectivity index (χ0n) is 27.8. The molecule has 0 aromatic carbocycles. The van der Waals surface area contributed by atoms with E-state index in [0.29, 0.717) is 13.0 Å². The van der Waals surface area contributed by atoms with Crippen molar-refractivity contribution in [2.75, 3.05) is 6.61 Å². The van der Waals surface area contributed by atoms with Gasteiger partial charge >= 0.3 is 5.97 Å². The van der Waals surface area contributed by atoms with Crippen LogP contribution in [0.2, 0.25) is 0 Å². The topological polar surface area (TPSA) is 26.3 Å². The first-order valence-corrected chi connectivity index (χ1v) is 16.4. The van der Waals surface area contributed by atoms with Crippen LogP contribution in [0.3, 0.4) is 0 Å². The molecule has 0 heterocycles. The lowest BCUT2D eigenvalue weighted by molar-refractivity contribution is -0.142. The monoisotopic (exact) mass is 572 g/mol. The maximum Gasteiger partial charge on any atom is 0.306 e. The molecule has 0 bridgehead atoms. The molecule has 1 aliphatic rings. The van der Waals surface area contributed by atoms with Crippen molar-refractivity contribution in [3.8, 4) is 0 Å². The molecule has 232 valence electrons. The van der Waals surface area contributed by atoms with Gasteiger partial charge < -0.3 is 4.74 Å². The Bertz CT molecular complexity index is 1030. The summed E-state index contributed by atoms with van der Waals surface area (Å²) in [5.41, 5.74) is 5.59. The average molecular weight is 573 g/mol. The van der Waals surface area contributed by atoms with Gasteiger partial charge in [-0.25, -0.2) is 0 Å². The Balaban J connectivity index is 2.17. The van der Waals surface area contributed by atoms with E-state index in [0.717, 1.165) is 37.7 Å². The molecule has 0 N–H and O–H groups in total. The first kappa shape index (κ1) is 37.2. The lowest BCUT2D eigenvalue weighted by atomic mass is 9.72. The molecular weight excluding hydrogens is 512 g/mol. The first-order chi connectivity index (χ1) is 20.3. The predicted molar refractivity (Wildman–Crippen MR) is 185 cm³/mol. The third kappa shape index (κ3) is 19.3. The molecule has 0 radical (unpaired) electrons. The van der Waals surface area contributed by atoms with E-state index in [1.807, 2.05) is 13.0 Å². The molecule has 2 heteroatoms. The van der Waals surface area contributed by atoms with Crippen LogP contribution in [0.1, 0.15) is 125 Å². The Labute approximate surface area is 259 Å². The summed E-state index contributed by atoms with van der Waals surface area (Å²) in [6.45, 7) is 13.7. The van der Waals surface area contributed by atoms with Crippen LogP contribution in [-0.2, 0) is 9.53 Å². The highest BCUT2D eigenvalue weighted by Crippen LogP contribution is 2.40.